The van der Waals surface area contributed by atoms with Crippen molar-refractivity contribution in [1.29, 1.82) is 0 Å². The van der Waals surface area contributed by atoms with Gasteiger partial charge in [-0.25, -0.2) is 14.4 Å². The molecule has 9 aliphatic rings. The minimum absolute atomic E-state index is 0. The summed E-state index contributed by atoms with van der Waals surface area (Å²) in [5.41, 5.74) is 25.8. The zero-order chi connectivity index (χ0) is 70.5. The second kappa shape index (κ2) is 35.1. The van der Waals surface area contributed by atoms with Crippen molar-refractivity contribution < 1.29 is 116 Å². The van der Waals surface area contributed by atoms with Crippen molar-refractivity contribution >= 4 is 18.3 Å². The number of aliphatic hydroxyl groups is 7. The number of hydrogen-bond acceptors (Lipinski definition) is 29. The predicted molar refractivity (Wildman–Crippen MR) is 345 cm³/mol. The minimum atomic E-state index is -1.45. The summed E-state index contributed by atoms with van der Waals surface area (Å²) in [4.78, 5) is 40.1. The van der Waals surface area contributed by atoms with E-state index in [9.17, 15) is 50.1 Å². The quantitative estimate of drug-likeness (QED) is 0.0385. The topological polar surface area (TPSA) is 468 Å². The number of nitrogens with one attached hydrogen (secondary N) is 4. The Morgan fingerprint density at radius 2 is 1.25 bits per heavy atom. The van der Waals surface area contributed by atoms with Gasteiger partial charge in [-0.05, 0) is 76.2 Å². The average molecular weight is 1390 g/mol. The second-order valence-corrected chi connectivity index (χ2v) is 26.3. The van der Waals surface area contributed by atoms with Gasteiger partial charge in [0, 0.05) is 35.4 Å². The minimum Gasteiger partial charge on any atom is -0.445 e. The smallest absolute Gasteiger partial charge is 0.410 e. The van der Waals surface area contributed by atoms with Crippen molar-refractivity contribution in [2.75, 3.05) is 40.4 Å². The Bertz CT molecular complexity index is 2820. The van der Waals surface area contributed by atoms with Gasteiger partial charge in [-0.15, -0.1) is 0 Å². The molecule has 30 atom stereocenters. The van der Waals surface area contributed by atoms with Crippen molar-refractivity contribution in [3.8, 4) is 0 Å². The molecule has 0 aromatic heterocycles. The highest BCUT2D eigenvalue weighted by molar-refractivity contribution is 5.71. The summed E-state index contributed by atoms with van der Waals surface area (Å²) in [6.45, 7) is 3.81. The first-order chi connectivity index (χ1) is 47.2. The van der Waals surface area contributed by atoms with Crippen molar-refractivity contribution in [3.63, 3.8) is 0 Å². The predicted octanol–water partition coefficient (Wildman–Crippen LogP) is -1.47. The number of hydrogen-bond donors (Lipinski definition) is 15. The van der Waals surface area contributed by atoms with E-state index in [-0.39, 0.29) is 52.6 Å². The summed E-state index contributed by atoms with van der Waals surface area (Å²) >= 11 is 0. The number of nitrogens with zero attached hydrogens (tertiary/aromatic N) is 1. The van der Waals surface area contributed by atoms with Crippen LogP contribution in [-0.2, 0) is 74.8 Å². The van der Waals surface area contributed by atoms with Gasteiger partial charge >= 0.3 is 18.3 Å². The molecule has 7 heterocycles. The number of fused-ring (bicyclic) bond motifs is 4. The number of rotatable bonds is 21. The molecule has 19 N–H and O–H groups in total. The van der Waals surface area contributed by atoms with E-state index >= 15 is 0 Å². The number of benzene rings is 2. The molecule has 0 spiro atoms. The molecule has 2 aromatic carbocycles. The molecule has 32 heteroatoms. The van der Waals surface area contributed by atoms with E-state index < -0.39 is 191 Å². The zero-order valence-electron chi connectivity index (χ0n) is 56.4. The van der Waals surface area contributed by atoms with Crippen LogP contribution in [0.2, 0.25) is 0 Å². The van der Waals surface area contributed by atoms with E-state index in [0.717, 1.165) is 17.5 Å². The van der Waals surface area contributed by atoms with Crippen LogP contribution in [0.1, 0.15) is 81.7 Å². The lowest BCUT2D eigenvalue weighted by Gasteiger charge is -2.51. The molecule has 2 aliphatic carbocycles. The normalized spacial score (nSPS) is 41.7. The molecule has 2 aromatic rings. The largest absolute Gasteiger partial charge is 0.445 e. The average Bonchev–Trinajstić information content (AvgIpc) is 1.36. The number of likely N-dealkylation sites (N-methyl/N-ethyl adjacent to an activating group) is 2. The summed E-state index contributed by atoms with van der Waals surface area (Å²) in [6, 6.07) is 14.3. The van der Waals surface area contributed by atoms with Crippen LogP contribution in [-0.4, -0.2) is 271 Å². The lowest BCUT2D eigenvalue weighted by Crippen LogP contribution is -2.70. The third-order valence-electron chi connectivity index (χ3n) is 19.5. The molecule has 7 saturated heterocycles. The molecule has 550 valence electrons. The summed E-state index contributed by atoms with van der Waals surface area (Å²) in [5.74, 6) is -0.839. The first-order valence-electron chi connectivity index (χ1n) is 34.3. The summed E-state index contributed by atoms with van der Waals surface area (Å²) in [5, 5.41) is 85.7. The van der Waals surface area contributed by atoms with Gasteiger partial charge in [0.1, 0.15) is 62.0 Å². The fourth-order valence-electron chi connectivity index (χ4n) is 13.9. The summed E-state index contributed by atoms with van der Waals surface area (Å²) in [7, 11) is 3.15. The molecule has 11 rings (SSSR count). The number of carbonyl (C=O) groups excluding carboxylic acids is 3. The van der Waals surface area contributed by atoms with Gasteiger partial charge in [-0.3, -0.25) is 4.90 Å². The van der Waals surface area contributed by atoms with Gasteiger partial charge in [0.25, 0.3) is 0 Å². The molecule has 16 unspecified atom stereocenters. The molecule has 1 saturated carbocycles. The highest BCUT2D eigenvalue weighted by Crippen LogP contribution is 2.43. The van der Waals surface area contributed by atoms with Gasteiger partial charge in [-0.1, -0.05) is 94.1 Å². The number of amides is 3. The van der Waals surface area contributed by atoms with Gasteiger partial charge in [-0.2, -0.15) is 0 Å². The van der Waals surface area contributed by atoms with Gasteiger partial charge < -0.3 is 142 Å². The monoisotopic (exact) mass is 1390 g/mol. The van der Waals surface area contributed by atoms with Crippen LogP contribution >= 0.6 is 0 Å². The van der Waals surface area contributed by atoms with Crippen LogP contribution < -0.4 is 44.2 Å². The first-order valence-corrected chi connectivity index (χ1v) is 33.3. The van der Waals surface area contributed by atoms with Crippen LogP contribution in [0.25, 0.3) is 0 Å². The maximum atomic E-state index is 13.1. The number of nitrogens with two attached hydrogens (primary N) is 4. The van der Waals surface area contributed by atoms with Gasteiger partial charge in [0.05, 0.1) is 80.0 Å². The Balaban J connectivity index is 0.000000287. The molecular formula is C65H107N9O23. The van der Waals surface area contributed by atoms with Crippen molar-refractivity contribution in [1.82, 2.24) is 26.2 Å². The second-order valence-electron chi connectivity index (χ2n) is 26.3. The Kier molecular flexibility index (Phi) is 27.1. The Labute approximate surface area is 569 Å². The van der Waals surface area contributed by atoms with E-state index in [0.29, 0.717) is 45.2 Å². The standard InChI is InChI=1S/C40H51N3O14.C24H48N6O9.CH4.2H2/c1-21-16-28-33(34-30(43(3)40(49)56-34)36(53-28)57-37-32(46)31(45)22(2)29(18-44)54-37)55-35(21)52-27-15-14-25(41-38(47)50-19-23-10-6-4-7-11-23)17-26(27)42-39(48)51-20-24-12-8-5-9-13-24;1-29-17-19(33)21-14(8-12(28)22(38-21)35-13-4-3-10(26)7-11(13)27)36-23(17)39-24-20(34)18(32)16(15(9-31)37-24)30-6-2-5-25;;;/h4-15,21-22,25-37,44-46H,16-20H2,1-3H3,(H,41,47)(H,42,48);10-24,29-34H,2-9,25-28H2,1H3;1H4;2*1H/t21?,22-,25+,26?,27+,28+,29?,30?,31+,32?,33?,34?,35+,36?,37-;10-,11?,12?,13-,14-,15?,16+,17?,18-,19?,20?,21?,22-,23?,24+;;;/m10.../s1/i;;;1+2T;1+2. The molecule has 0 bridgehead atoms. The SMILES string of the molecule is C.CC1C[C@@H]2OC(O[C@H]3OC(CO)[C@@H](C)[C@H](O)C3O)C3C(OC(=O)N3C)C2O[C@@H]1O[C@H]1C=C[C@H](NC(=O)OCc2ccccc2)CC1NC(=O)OCc1ccccc1.CNC1C(O[C@H]2OC(CO)[C@@H](NCCCN)[C@H](O)C2O)O[C@H]2CC(N)[C@@H](O[C@H]3CC[C@H](N)CC3N)OC2C1O.[3HH].[3H][3H]. The number of alkyl carbamates (subject to hydrolysis) is 2. The fraction of sp³-hybridized carbons (Fsp3) is 0.738. The Hall–Kier alpha value is -4.93. The van der Waals surface area contributed by atoms with E-state index in [4.69, 9.17) is 87.5 Å². The number of ether oxygens (including phenoxy) is 13. The van der Waals surface area contributed by atoms with Crippen LogP contribution in [0.5, 0.6) is 0 Å². The van der Waals surface area contributed by atoms with Crippen LogP contribution in [0, 0.1) is 11.8 Å². The highest BCUT2D eigenvalue weighted by atomic mass is 16.8. The zero-order valence-corrected chi connectivity index (χ0v) is 54.4. The van der Waals surface area contributed by atoms with E-state index in [1.54, 1.807) is 26.1 Å². The molecule has 0 radical (unpaired) electrons. The third kappa shape index (κ3) is 18.4. The fourth-order valence-corrected chi connectivity index (χ4v) is 13.9. The van der Waals surface area contributed by atoms with Crippen molar-refractivity contribution in [2.24, 2.45) is 34.8 Å². The molecule has 32 nitrogen and oxygen atoms in total. The van der Waals surface area contributed by atoms with Crippen molar-refractivity contribution in [2.45, 2.75) is 251 Å². The maximum absolute atomic E-state index is 13.1. The Morgan fingerprint density at radius 3 is 1.89 bits per heavy atom. The third-order valence-corrected chi connectivity index (χ3v) is 19.5. The number of aliphatic hydroxyl groups excluding tert-OH is 7. The van der Waals surface area contributed by atoms with Crippen LogP contribution in [0.15, 0.2) is 72.8 Å². The first kappa shape index (κ1) is 74.8. The van der Waals surface area contributed by atoms with E-state index in [2.05, 4.69) is 21.3 Å². The van der Waals surface area contributed by atoms with E-state index in [1.165, 1.54) is 11.9 Å². The maximum Gasteiger partial charge on any atom is 0.410 e. The lowest BCUT2D eigenvalue weighted by atomic mass is 9.87. The summed E-state index contributed by atoms with van der Waals surface area (Å²) in [6.07, 6.45) is -14.1. The molecule has 97 heavy (non-hydrogen) atoms. The van der Waals surface area contributed by atoms with Gasteiger partial charge in [0.15, 0.2) is 43.8 Å². The molecular weight excluding hydrogens is 1270 g/mol. The van der Waals surface area contributed by atoms with Crippen LogP contribution in [0.4, 0.5) is 14.4 Å². The number of carbonyl (C=O) groups is 3. The van der Waals surface area contributed by atoms with E-state index in [1.807, 2.05) is 67.6 Å². The molecule has 7 aliphatic heterocycles. The Morgan fingerprint density at radius 1 is 0.639 bits per heavy atom. The lowest BCUT2D eigenvalue weighted by molar-refractivity contribution is -0.375. The van der Waals surface area contributed by atoms with Crippen molar-refractivity contribution in [3.05, 3.63) is 83.9 Å². The summed E-state index contributed by atoms with van der Waals surface area (Å²) < 4.78 is 88.4. The van der Waals surface area contributed by atoms with Crippen LogP contribution in [0.3, 0.4) is 0 Å². The molecule has 3 amide bonds. The highest BCUT2D eigenvalue weighted by Gasteiger charge is 2.61. The molecule has 8 fully saturated rings. The van der Waals surface area contributed by atoms with Gasteiger partial charge in [0.2, 0.25) is 0 Å².